The van der Waals surface area contributed by atoms with Crippen LogP contribution in [0.3, 0.4) is 0 Å². The normalized spacial score (nSPS) is 13.9. The molecule has 0 aliphatic carbocycles. The number of hydrogen-bond donors (Lipinski definition) is 3. The average Bonchev–Trinajstić information content (AvgIpc) is 2.45. The number of aryl methyl sites for hydroxylation is 1. The molecular weight excluding hydrogens is 270 g/mol. The fourth-order valence-electron chi connectivity index (χ4n) is 2.09. The molecule has 1 aromatic carbocycles. The Morgan fingerprint density at radius 3 is 2.57 bits per heavy atom. The number of aliphatic carboxylic acids is 1. The lowest BCUT2D eigenvalue weighted by Gasteiger charge is -2.23. The molecule has 2 atom stereocenters. The van der Waals surface area contributed by atoms with E-state index in [1.165, 1.54) is 0 Å². The summed E-state index contributed by atoms with van der Waals surface area (Å²) in [5.74, 6) is -0.927. The predicted octanol–water partition coefficient (Wildman–Crippen LogP) is 1.89. The molecular formula is C16H25NO4. The van der Waals surface area contributed by atoms with Crippen molar-refractivity contribution in [3.05, 3.63) is 35.4 Å². The van der Waals surface area contributed by atoms with Crippen molar-refractivity contribution in [2.45, 2.75) is 38.8 Å². The molecule has 5 nitrogen and oxygen atoms in total. The lowest BCUT2D eigenvalue weighted by molar-refractivity contribution is -0.138. The van der Waals surface area contributed by atoms with Crippen LogP contribution in [0.1, 0.15) is 37.0 Å². The van der Waals surface area contributed by atoms with Crippen molar-refractivity contribution >= 4 is 5.97 Å². The second-order valence-electron chi connectivity index (χ2n) is 5.06. The van der Waals surface area contributed by atoms with Crippen LogP contribution in [-0.2, 0) is 9.53 Å². The molecule has 2 unspecified atom stereocenters. The van der Waals surface area contributed by atoms with Gasteiger partial charge in [0.2, 0.25) is 0 Å². The third kappa shape index (κ3) is 6.71. The van der Waals surface area contributed by atoms with Gasteiger partial charge in [-0.1, -0.05) is 29.8 Å². The van der Waals surface area contributed by atoms with Gasteiger partial charge in [0.05, 0.1) is 12.5 Å². The highest BCUT2D eigenvalue weighted by Crippen LogP contribution is 2.19. The van der Waals surface area contributed by atoms with E-state index >= 15 is 0 Å². The smallest absolute Gasteiger partial charge is 0.305 e. The average molecular weight is 295 g/mol. The van der Waals surface area contributed by atoms with E-state index in [0.717, 1.165) is 17.5 Å². The first-order chi connectivity index (χ1) is 10.0. The zero-order valence-corrected chi connectivity index (χ0v) is 12.7. The monoisotopic (exact) mass is 295 g/mol. The number of hydrogen-bond acceptors (Lipinski definition) is 4. The maximum atomic E-state index is 11.0. The first-order valence-electron chi connectivity index (χ1n) is 7.32. The van der Waals surface area contributed by atoms with Crippen molar-refractivity contribution in [2.75, 3.05) is 19.8 Å². The summed E-state index contributed by atoms with van der Waals surface area (Å²) in [6.45, 7) is 5.81. The predicted molar refractivity (Wildman–Crippen MR) is 81.3 cm³/mol. The van der Waals surface area contributed by atoms with Crippen LogP contribution in [0.15, 0.2) is 24.3 Å². The quantitative estimate of drug-likeness (QED) is 0.574. The molecule has 0 heterocycles. The Labute approximate surface area is 125 Å². The Morgan fingerprint density at radius 1 is 1.33 bits per heavy atom. The van der Waals surface area contributed by atoms with Crippen LogP contribution in [0.4, 0.5) is 0 Å². The molecule has 0 bridgehead atoms. The van der Waals surface area contributed by atoms with Crippen LogP contribution >= 0.6 is 0 Å². The largest absolute Gasteiger partial charge is 0.481 e. The number of rotatable bonds is 10. The Morgan fingerprint density at radius 2 is 2.00 bits per heavy atom. The third-order valence-corrected chi connectivity index (χ3v) is 3.27. The molecule has 3 N–H and O–H groups in total. The summed E-state index contributed by atoms with van der Waals surface area (Å²) in [5.41, 5.74) is 1.83. The van der Waals surface area contributed by atoms with E-state index < -0.39 is 18.1 Å². The van der Waals surface area contributed by atoms with Crippen LogP contribution in [-0.4, -0.2) is 42.0 Å². The maximum absolute atomic E-state index is 11.0. The number of nitrogens with one attached hydrogen (secondary N) is 1. The second-order valence-corrected chi connectivity index (χ2v) is 5.06. The molecule has 0 saturated carbocycles. The van der Waals surface area contributed by atoms with Crippen LogP contribution in [0.25, 0.3) is 0 Å². The molecule has 1 rings (SSSR count). The van der Waals surface area contributed by atoms with Gasteiger partial charge in [-0.15, -0.1) is 0 Å². The summed E-state index contributed by atoms with van der Waals surface area (Å²) >= 11 is 0. The van der Waals surface area contributed by atoms with E-state index in [1.54, 1.807) is 0 Å². The highest BCUT2D eigenvalue weighted by molar-refractivity contribution is 5.67. The van der Waals surface area contributed by atoms with Gasteiger partial charge in [0.25, 0.3) is 0 Å². The number of carboxylic acids is 1. The number of aliphatic hydroxyl groups is 1. The third-order valence-electron chi connectivity index (χ3n) is 3.27. The van der Waals surface area contributed by atoms with Crippen molar-refractivity contribution in [3.8, 4) is 0 Å². The van der Waals surface area contributed by atoms with Crippen molar-refractivity contribution in [1.29, 1.82) is 0 Å². The van der Waals surface area contributed by atoms with Crippen LogP contribution in [0.2, 0.25) is 0 Å². The van der Waals surface area contributed by atoms with Gasteiger partial charge in [0.15, 0.2) is 0 Å². The Bertz CT molecular complexity index is 419. The van der Waals surface area contributed by atoms with Crippen molar-refractivity contribution in [3.63, 3.8) is 0 Å². The van der Waals surface area contributed by atoms with Gasteiger partial charge in [0, 0.05) is 19.3 Å². The molecule has 0 aromatic heterocycles. The van der Waals surface area contributed by atoms with E-state index in [4.69, 9.17) is 9.84 Å². The van der Waals surface area contributed by atoms with Gasteiger partial charge in [0.1, 0.15) is 0 Å². The molecule has 0 radical (unpaired) electrons. The number of carbonyl (C=O) groups is 1. The minimum Gasteiger partial charge on any atom is -0.481 e. The van der Waals surface area contributed by atoms with Gasteiger partial charge in [-0.05, 0) is 32.4 Å². The van der Waals surface area contributed by atoms with Crippen molar-refractivity contribution in [1.82, 2.24) is 5.32 Å². The summed E-state index contributed by atoms with van der Waals surface area (Å²) < 4.78 is 5.24. The minimum absolute atomic E-state index is 0.121. The zero-order valence-electron chi connectivity index (χ0n) is 12.7. The molecule has 0 saturated heterocycles. The standard InChI is InChI=1S/C16H25NO4/c1-3-21-10-4-9-17-14(11-15(18)19)16(20)13-7-5-12(2)6-8-13/h5-8,14,16-17,20H,3-4,9-11H2,1-2H3,(H,18,19). The maximum Gasteiger partial charge on any atom is 0.305 e. The van der Waals surface area contributed by atoms with E-state index in [-0.39, 0.29) is 6.42 Å². The van der Waals surface area contributed by atoms with Crippen LogP contribution < -0.4 is 5.32 Å². The van der Waals surface area contributed by atoms with E-state index in [0.29, 0.717) is 19.8 Å². The van der Waals surface area contributed by atoms with Crippen LogP contribution in [0.5, 0.6) is 0 Å². The van der Waals surface area contributed by atoms with E-state index in [2.05, 4.69) is 5.32 Å². The van der Waals surface area contributed by atoms with Gasteiger partial charge >= 0.3 is 5.97 Å². The zero-order chi connectivity index (χ0) is 15.7. The molecule has 0 fully saturated rings. The first-order valence-corrected chi connectivity index (χ1v) is 7.32. The number of carboxylic acid groups (broad SMARTS) is 1. The van der Waals surface area contributed by atoms with Gasteiger partial charge in [-0.2, -0.15) is 0 Å². The molecule has 0 spiro atoms. The Hall–Kier alpha value is -1.43. The summed E-state index contributed by atoms with van der Waals surface area (Å²) in [6, 6.07) is 6.97. The second kappa shape index (κ2) is 9.50. The molecule has 0 aliphatic heterocycles. The fraction of sp³-hybridized carbons (Fsp3) is 0.562. The van der Waals surface area contributed by atoms with Crippen molar-refractivity contribution < 1.29 is 19.7 Å². The topological polar surface area (TPSA) is 78.8 Å². The van der Waals surface area contributed by atoms with Gasteiger partial charge in [-0.3, -0.25) is 4.79 Å². The lowest BCUT2D eigenvalue weighted by atomic mass is 9.98. The van der Waals surface area contributed by atoms with Crippen LogP contribution in [0, 0.1) is 6.92 Å². The Kier molecular flexibility index (Phi) is 7.97. The van der Waals surface area contributed by atoms with Gasteiger partial charge in [-0.25, -0.2) is 0 Å². The summed E-state index contributed by atoms with van der Waals surface area (Å²) in [7, 11) is 0. The summed E-state index contributed by atoms with van der Waals surface area (Å²) in [4.78, 5) is 11.0. The number of aliphatic hydroxyl groups excluding tert-OH is 1. The SMILES string of the molecule is CCOCCCNC(CC(=O)O)C(O)c1ccc(C)cc1. The summed E-state index contributed by atoms with van der Waals surface area (Å²) in [5, 5.41) is 22.5. The molecule has 5 heteroatoms. The molecule has 118 valence electrons. The Balaban J connectivity index is 2.58. The number of ether oxygens (including phenoxy) is 1. The first kappa shape index (κ1) is 17.6. The molecule has 21 heavy (non-hydrogen) atoms. The molecule has 1 aromatic rings. The fourth-order valence-corrected chi connectivity index (χ4v) is 2.09. The summed E-state index contributed by atoms with van der Waals surface area (Å²) in [6.07, 6.45) is -0.178. The molecule has 0 aliphatic rings. The highest BCUT2D eigenvalue weighted by Gasteiger charge is 2.22. The van der Waals surface area contributed by atoms with E-state index in [1.807, 2.05) is 38.1 Å². The lowest BCUT2D eigenvalue weighted by Crippen LogP contribution is -2.37. The van der Waals surface area contributed by atoms with E-state index in [9.17, 15) is 9.90 Å². The molecule has 0 amide bonds. The van der Waals surface area contributed by atoms with Gasteiger partial charge < -0.3 is 20.3 Å². The highest BCUT2D eigenvalue weighted by atomic mass is 16.5. The number of benzene rings is 1. The minimum atomic E-state index is -0.927. The van der Waals surface area contributed by atoms with Crippen molar-refractivity contribution in [2.24, 2.45) is 0 Å².